The first-order valence-corrected chi connectivity index (χ1v) is 6.27. The molecule has 1 heterocycles. The first-order chi connectivity index (χ1) is 7.90. The molecule has 0 atom stereocenters. The summed E-state index contributed by atoms with van der Waals surface area (Å²) < 4.78 is 0. The predicted octanol–water partition coefficient (Wildman–Crippen LogP) is 3.25. The van der Waals surface area contributed by atoms with Crippen LogP contribution in [-0.4, -0.2) is 17.9 Å². The van der Waals surface area contributed by atoms with Gasteiger partial charge in [0, 0.05) is 17.6 Å². The van der Waals surface area contributed by atoms with Crippen molar-refractivity contribution < 1.29 is 4.79 Å². The standard InChI is InChI=1S/C15H21NO/c1-11-5-6-14(12(2)9-11)16-10-13(17)7-8-15(16,3)4/h5-6,9H,7-8,10H2,1-4H3. The van der Waals surface area contributed by atoms with Crippen LogP contribution >= 0.6 is 0 Å². The summed E-state index contributed by atoms with van der Waals surface area (Å²) in [5, 5.41) is 0. The largest absolute Gasteiger partial charge is 0.359 e. The van der Waals surface area contributed by atoms with Crippen LogP contribution in [-0.2, 0) is 4.79 Å². The van der Waals surface area contributed by atoms with Gasteiger partial charge in [-0.3, -0.25) is 4.79 Å². The Morgan fingerprint density at radius 1 is 1.24 bits per heavy atom. The molecule has 17 heavy (non-hydrogen) atoms. The quantitative estimate of drug-likeness (QED) is 0.739. The van der Waals surface area contributed by atoms with Crippen LogP contribution in [0.15, 0.2) is 18.2 Å². The van der Waals surface area contributed by atoms with E-state index in [4.69, 9.17) is 0 Å². The molecule has 1 aliphatic heterocycles. The zero-order valence-electron chi connectivity index (χ0n) is 11.2. The van der Waals surface area contributed by atoms with Crippen LogP contribution in [0.5, 0.6) is 0 Å². The van der Waals surface area contributed by atoms with E-state index in [1.54, 1.807) is 0 Å². The SMILES string of the molecule is Cc1ccc(N2CC(=O)CCC2(C)C)c(C)c1. The van der Waals surface area contributed by atoms with Crippen LogP contribution in [0.3, 0.4) is 0 Å². The maximum Gasteiger partial charge on any atom is 0.152 e. The third-order valence-corrected chi connectivity index (χ3v) is 3.72. The average Bonchev–Trinajstić information content (AvgIpc) is 2.23. The zero-order chi connectivity index (χ0) is 12.6. The number of benzene rings is 1. The number of nitrogens with zero attached hydrogens (tertiary/aromatic N) is 1. The number of hydrogen-bond donors (Lipinski definition) is 0. The fourth-order valence-electron chi connectivity index (χ4n) is 2.57. The van der Waals surface area contributed by atoms with Crippen LogP contribution in [0.2, 0.25) is 0 Å². The molecule has 0 radical (unpaired) electrons. The molecule has 1 aliphatic rings. The van der Waals surface area contributed by atoms with Crippen molar-refractivity contribution in [2.24, 2.45) is 0 Å². The van der Waals surface area contributed by atoms with E-state index < -0.39 is 0 Å². The highest BCUT2D eigenvalue weighted by Crippen LogP contribution is 2.33. The van der Waals surface area contributed by atoms with Crippen LogP contribution < -0.4 is 4.90 Å². The maximum atomic E-state index is 11.7. The van der Waals surface area contributed by atoms with Crippen molar-refractivity contribution in [1.29, 1.82) is 0 Å². The van der Waals surface area contributed by atoms with E-state index in [0.717, 1.165) is 6.42 Å². The molecule has 1 aromatic rings. The van der Waals surface area contributed by atoms with Gasteiger partial charge in [0.05, 0.1) is 6.54 Å². The number of aryl methyl sites for hydroxylation is 2. The molecule has 1 saturated heterocycles. The lowest BCUT2D eigenvalue weighted by atomic mass is 9.88. The van der Waals surface area contributed by atoms with Crippen molar-refractivity contribution in [2.75, 3.05) is 11.4 Å². The summed E-state index contributed by atoms with van der Waals surface area (Å²) in [5.74, 6) is 0.351. The number of ketones is 1. The zero-order valence-corrected chi connectivity index (χ0v) is 11.2. The molecule has 2 rings (SSSR count). The molecule has 0 N–H and O–H groups in total. The molecule has 1 fully saturated rings. The lowest BCUT2D eigenvalue weighted by Gasteiger charge is -2.44. The third-order valence-electron chi connectivity index (χ3n) is 3.72. The second-order valence-corrected chi connectivity index (χ2v) is 5.73. The Kier molecular flexibility index (Phi) is 2.98. The highest BCUT2D eigenvalue weighted by molar-refractivity contribution is 5.85. The summed E-state index contributed by atoms with van der Waals surface area (Å²) in [4.78, 5) is 13.9. The van der Waals surface area contributed by atoms with E-state index in [1.807, 2.05) is 0 Å². The molecule has 2 heteroatoms. The van der Waals surface area contributed by atoms with Gasteiger partial charge in [-0.1, -0.05) is 17.7 Å². The smallest absolute Gasteiger partial charge is 0.152 e. The molecule has 0 aromatic heterocycles. The lowest BCUT2D eigenvalue weighted by Crippen LogP contribution is -2.51. The highest BCUT2D eigenvalue weighted by Gasteiger charge is 2.33. The van der Waals surface area contributed by atoms with Crippen LogP contribution in [0, 0.1) is 13.8 Å². The van der Waals surface area contributed by atoms with Crippen molar-refractivity contribution in [2.45, 2.75) is 46.1 Å². The fraction of sp³-hybridized carbons (Fsp3) is 0.533. The number of rotatable bonds is 1. The van der Waals surface area contributed by atoms with Gasteiger partial charge in [0.15, 0.2) is 5.78 Å². The molecule has 0 aliphatic carbocycles. The van der Waals surface area contributed by atoms with Crippen LogP contribution in [0.4, 0.5) is 5.69 Å². The molecule has 2 nitrogen and oxygen atoms in total. The van der Waals surface area contributed by atoms with E-state index in [1.165, 1.54) is 16.8 Å². The van der Waals surface area contributed by atoms with Crippen LogP contribution in [0.1, 0.15) is 37.8 Å². The molecule has 0 amide bonds. The van der Waals surface area contributed by atoms with Gasteiger partial charge in [0.2, 0.25) is 0 Å². The van der Waals surface area contributed by atoms with Gasteiger partial charge >= 0.3 is 0 Å². The van der Waals surface area contributed by atoms with Crippen molar-refractivity contribution in [3.63, 3.8) is 0 Å². The fourth-order valence-corrected chi connectivity index (χ4v) is 2.57. The van der Waals surface area contributed by atoms with Gasteiger partial charge in [-0.05, 0) is 45.7 Å². The molecule has 0 saturated carbocycles. The molecule has 0 bridgehead atoms. The Hall–Kier alpha value is -1.31. The molecule has 92 valence electrons. The number of hydrogen-bond acceptors (Lipinski definition) is 2. The number of piperidine rings is 1. The number of carbonyl (C=O) groups is 1. The molecule has 0 unspecified atom stereocenters. The summed E-state index contributed by atoms with van der Waals surface area (Å²) in [6.07, 6.45) is 1.66. The minimum absolute atomic E-state index is 0.0773. The minimum Gasteiger partial charge on any atom is -0.359 e. The lowest BCUT2D eigenvalue weighted by molar-refractivity contribution is -0.119. The molecule has 0 spiro atoms. The van der Waals surface area contributed by atoms with Crippen LogP contribution in [0.25, 0.3) is 0 Å². The van der Waals surface area contributed by atoms with Crippen molar-refractivity contribution >= 4 is 11.5 Å². The maximum absolute atomic E-state index is 11.7. The van der Waals surface area contributed by atoms with E-state index in [2.05, 4.69) is 50.8 Å². The Morgan fingerprint density at radius 3 is 2.59 bits per heavy atom. The number of anilines is 1. The Balaban J connectivity index is 2.39. The summed E-state index contributed by atoms with van der Waals surface area (Å²) in [7, 11) is 0. The van der Waals surface area contributed by atoms with Gasteiger partial charge in [-0.25, -0.2) is 0 Å². The van der Waals surface area contributed by atoms with Crippen molar-refractivity contribution in [3.05, 3.63) is 29.3 Å². The Morgan fingerprint density at radius 2 is 1.94 bits per heavy atom. The molecule has 1 aromatic carbocycles. The van der Waals surface area contributed by atoms with E-state index >= 15 is 0 Å². The normalized spacial score (nSPS) is 19.5. The second-order valence-electron chi connectivity index (χ2n) is 5.73. The summed E-state index contributed by atoms with van der Waals surface area (Å²) in [6.45, 7) is 9.22. The van der Waals surface area contributed by atoms with E-state index in [0.29, 0.717) is 18.7 Å². The summed E-state index contributed by atoms with van der Waals surface area (Å²) >= 11 is 0. The monoisotopic (exact) mass is 231 g/mol. The summed E-state index contributed by atoms with van der Waals surface area (Å²) in [6, 6.07) is 6.45. The Labute approximate surface area is 104 Å². The first-order valence-electron chi connectivity index (χ1n) is 6.27. The number of carbonyl (C=O) groups excluding carboxylic acids is 1. The number of Topliss-reactive ketones (excluding diaryl/α,β-unsaturated/α-hetero) is 1. The average molecular weight is 231 g/mol. The van der Waals surface area contributed by atoms with E-state index in [-0.39, 0.29) is 5.54 Å². The van der Waals surface area contributed by atoms with Gasteiger partial charge in [0.25, 0.3) is 0 Å². The third kappa shape index (κ3) is 2.36. The topological polar surface area (TPSA) is 20.3 Å². The van der Waals surface area contributed by atoms with Gasteiger partial charge in [-0.2, -0.15) is 0 Å². The molecular formula is C15H21NO. The van der Waals surface area contributed by atoms with Crippen molar-refractivity contribution in [3.8, 4) is 0 Å². The molecular weight excluding hydrogens is 210 g/mol. The first kappa shape index (κ1) is 12.2. The van der Waals surface area contributed by atoms with Gasteiger partial charge in [-0.15, -0.1) is 0 Å². The van der Waals surface area contributed by atoms with E-state index in [9.17, 15) is 4.79 Å². The summed E-state index contributed by atoms with van der Waals surface area (Å²) in [5.41, 5.74) is 3.81. The highest BCUT2D eigenvalue weighted by atomic mass is 16.1. The van der Waals surface area contributed by atoms with Gasteiger partial charge < -0.3 is 4.90 Å². The predicted molar refractivity (Wildman–Crippen MR) is 71.6 cm³/mol. The minimum atomic E-state index is 0.0773. The Bertz CT molecular complexity index is 448. The second kappa shape index (κ2) is 4.17. The van der Waals surface area contributed by atoms with Crippen molar-refractivity contribution in [1.82, 2.24) is 0 Å². The van der Waals surface area contributed by atoms with Gasteiger partial charge in [0.1, 0.15) is 0 Å².